The van der Waals surface area contributed by atoms with E-state index in [9.17, 15) is 0 Å². The largest absolute Gasteiger partial charge is 0.375 e. The highest BCUT2D eigenvalue weighted by Gasteiger charge is 2.45. The first-order valence-corrected chi connectivity index (χ1v) is 4.14. The molecule has 1 unspecified atom stereocenters. The van der Waals surface area contributed by atoms with Crippen molar-refractivity contribution in [2.75, 3.05) is 19.7 Å². The third-order valence-corrected chi connectivity index (χ3v) is 2.74. The molecular weight excluding hydrogens is 126 g/mol. The number of hydrogen-bond donors (Lipinski definition) is 1. The molecule has 0 bridgehead atoms. The predicted molar refractivity (Wildman–Crippen MR) is 40.0 cm³/mol. The SMILES string of the molecule is CC1(C2CNCCO2)CC1. The van der Waals surface area contributed by atoms with Gasteiger partial charge in [-0.05, 0) is 18.3 Å². The lowest BCUT2D eigenvalue weighted by Gasteiger charge is -2.28. The average Bonchev–Trinajstić information content (AvgIpc) is 2.72. The maximum Gasteiger partial charge on any atom is 0.0753 e. The molecule has 2 fully saturated rings. The molecule has 0 aromatic carbocycles. The second kappa shape index (κ2) is 2.21. The number of ether oxygens (including phenoxy) is 1. The van der Waals surface area contributed by atoms with Crippen molar-refractivity contribution >= 4 is 0 Å². The monoisotopic (exact) mass is 141 g/mol. The van der Waals surface area contributed by atoms with E-state index in [1.54, 1.807) is 0 Å². The Balaban J connectivity index is 1.91. The van der Waals surface area contributed by atoms with Crippen LogP contribution in [0, 0.1) is 5.41 Å². The minimum atomic E-state index is 0.501. The summed E-state index contributed by atoms with van der Waals surface area (Å²) >= 11 is 0. The highest BCUT2D eigenvalue weighted by molar-refractivity contribution is 4.97. The topological polar surface area (TPSA) is 21.3 Å². The molecule has 0 amide bonds. The van der Waals surface area contributed by atoms with Crippen molar-refractivity contribution in [1.29, 1.82) is 0 Å². The van der Waals surface area contributed by atoms with E-state index in [0.29, 0.717) is 11.5 Å². The molecule has 1 saturated carbocycles. The van der Waals surface area contributed by atoms with Gasteiger partial charge in [-0.1, -0.05) is 6.92 Å². The standard InChI is InChI=1S/C8H15NO/c1-8(2-3-8)7-6-9-4-5-10-7/h7,9H,2-6H2,1H3. The van der Waals surface area contributed by atoms with Crippen LogP contribution in [-0.2, 0) is 4.74 Å². The lowest BCUT2D eigenvalue weighted by Crippen LogP contribution is -2.42. The fraction of sp³-hybridized carbons (Fsp3) is 1.00. The van der Waals surface area contributed by atoms with Crippen molar-refractivity contribution in [1.82, 2.24) is 5.32 Å². The van der Waals surface area contributed by atoms with Gasteiger partial charge in [0.15, 0.2) is 0 Å². The molecule has 58 valence electrons. The minimum Gasteiger partial charge on any atom is -0.375 e. The number of hydrogen-bond acceptors (Lipinski definition) is 2. The normalized spacial score (nSPS) is 37.5. The smallest absolute Gasteiger partial charge is 0.0753 e. The van der Waals surface area contributed by atoms with Gasteiger partial charge < -0.3 is 10.1 Å². The van der Waals surface area contributed by atoms with Gasteiger partial charge in [-0.2, -0.15) is 0 Å². The van der Waals surface area contributed by atoms with Crippen LogP contribution in [0.4, 0.5) is 0 Å². The van der Waals surface area contributed by atoms with E-state index in [1.807, 2.05) is 0 Å². The van der Waals surface area contributed by atoms with E-state index in [2.05, 4.69) is 12.2 Å². The molecule has 1 saturated heterocycles. The molecule has 0 spiro atoms. The quantitative estimate of drug-likeness (QED) is 0.582. The second-order valence-corrected chi connectivity index (χ2v) is 3.72. The first kappa shape index (κ1) is 6.62. The molecule has 0 aromatic rings. The summed E-state index contributed by atoms with van der Waals surface area (Å²) in [7, 11) is 0. The molecule has 2 nitrogen and oxygen atoms in total. The van der Waals surface area contributed by atoms with Crippen LogP contribution < -0.4 is 5.32 Å². The molecule has 2 aliphatic rings. The summed E-state index contributed by atoms with van der Waals surface area (Å²) in [6, 6.07) is 0. The zero-order valence-corrected chi connectivity index (χ0v) is 6.52. The highest BCUT2D eigenvalue weighted by Crippen LogP contribution is 2.49. The molecule has 1 aliphatic carbocycles. The van der Waals surface area contributed by atoms with Gasteiger partial charge in [0, 0.05) is 13.1 Å². The van der Waals surface area contributed by atoms with Gasteiger partial charge in [0.25, 0.3) is 0 Å². The van der Waals surface area contributed by atoms with E-state index in [4.69, 9.17) is 4.74 Å². The van der Waals surface area contributed by atoms with E-state index in [1.165, 1.54) is 12.8 Å². The fourth-order valence-electron chi connectivity index (χ4n) is 1.53. The summed E-state index contributed by atoms with van der Waals surface area (Å²) in [5, 5.41) is 3.36. The highest BCUT2D eigenvalue weighted by atomic mass is 16.5. The lowest BCUT2D eigenvalue weighted by molar-refractivity contribution is -0.0131. The fourth-order valence-corrected chi connectivity index (χ4v) is 1.53. The van der Waals surface area contributed by atoms with E-state index < -0.39 is 0 Å². The predicted octanol–water partition coefficient (Wildman–Crippen LogP) is 0.775. The van der Waals surface area contributed by atoms with Gasteiger partial charge in [0.2, 0.25) is 0 Å². The Morgan fingerprint density at radius 1 is 1.50 bits per heavy atom. The minimum absolute atomic E-state index is 0.501. The van der Waals surface area contributed by atoms with Gasteiger partial charge in [-0.3, -0.25) is 0 Å². The van der Waals surface area contributed by atoms with Gasteiger partial charge in [0.1, 0.15) is 0 Å². The molecule has 1 heterocycles. The van der Waals surface area contributed by atoms with Crippen LogP contribution in [0.3, 0.4) is 0 Å². The summed E-state index contributed by atoms with van der Waals surface area (Å²) < 4.78 is 5.64. The van der Waals surface area contributed by atoms with Crippen LogP contribution in [0.2, 0.25) is 0 Å². The molecular formula is C8H15NO. The number of rotatable bonds is 1. The average molecular weight is 141 g/mol. The molecule has 2 rings (SSSR count). The zero-order valence-electron chi connectivity index (χ0n) is 6.52. The Morgan fingerprint density at radius 2 is 2.30 bits per heavy atom. The molecule has 10 heavy (non-hydrogen) atoms. The summed E-state index contributed by atoms with van der Waals surface area (Å²) in [5.41, 5.74) is 0.535. The van der Waals surface area contributed by atoms with Crippen LogP contribution in [0.25, 0.3) is 0 Å². The van der Waals surface area contributed by atoms with Crippen LogP contribution in [0.5, 0.6) is 0 Å². The summed E-state index contributed by atoms with van der Waals surface area (Å²) in [6.45, 7) is 5.33. The maximum atomic E-state index is 5.64. The third kappa shape index (κ3) is 1.06. The Bertz CT molecular complexity index is 125. The van der Waals surface area contributed by atoms with Gasteiger partial charge >= 0.3 is 0 Å². The van der Waals surface area contributed by atoms with Crippen LogP contribution in [0.15, 0.2) is 0 Å². The molecule has 1 atom stereocenters. The first-order valence-electron chi connectivity index (χ1n) is 4.14. The Kier molecular flexibility index (Phi) is 1.46. The van der Waals surface area contributed by atoms with Crippen molar-refractivity contribution in [2.24, 2.45) is 5.41 Å². The van der Waals surface area contributed by atoms with Crippen molar-refractivity contribution in [3.8, 4) is 0 Å². The lowest BCUT2D eigenvalue weighted by atomic mass is 10.0. The van der Waals surface area contributed by atoms with Gasteiger partial charge in [0.05, 0.1) is 12.7 Å². The van der Waals surface area contributed by atoms with E-state index in [-0.39, 0.29) is 0 Å². The third-order valence-electron chi connectivity index (χ3n) is 2.74. The van der Waals surface area contributed by atoms with Crippen LogP contribution in [0.1, 0.15) is 19.8 Å². The number of nitrogens with one attached hydrogen (secondary N) is 1. The van der Waals surface area contributed by atoms with E-state index >= 15 is 0 Å². The molecule has 2 heteroatoms. The molecule has 0 aromatic heterocycles. The molecule has 0 radical (unpaired) electrons. The first-order chi connectivity index (χ1) is 4.81. The van der Waals surface area contributed by atoms with Crippen molar-refractivity contribution < 1.29 is 4.74 Å². The summed E-state index contributed by atoms with van der Waals surface area (Å²) in [4.78, 5) is 0. The summed E-state index contributed by atoms with van der Waals surface area (Å²) in [6.07, 6.45) is 3.22. The molecule has 1 aliphatic heterocycles. The number of morpholine rings is 1. The van der Waals surface area contributed by atoms with Gasteiger partial charge in [-0.15, -0.1) is 0 Å². The van der Waals surface area contributed by atoms with Gasteiger partial charge in [-0.25, -0.2) is 0 Å². The zero-order chi connectivity index (χ0) is 7.03. The van der Waals surface area contributed by atoms with Crippen LogP contribution >= 0.6 is 0 Å². The van der Waals surface area contributed by atoms with Crippen molar-refractivity contribution in [3.05, 3.63) is 0 Å². The van der Waals surface area contributed by atoms with E-state index in [0.717, 1.165) is 19.7 Å². The Labute approximate surface area is 61.9 Å². The van der Waals surface area contributed by atoms with Crippen molar-refractivity contribution in [3.63, 3.8) is 0 Å². The second-order valence-electron chi connectivity index (χ2n) is 3.72. The Morgan fingerprint density at radius 3 is 2.80 bits per heavy atom. The maximum absolute atomic E-state index is 5.64. The molecule has 1 N–H and O–H groups in total. The summed E-state index contributed by atoms with van der Waals surface area (Å²) in [5.74, 6) is 0. The van der Waals surface area contributed by atoms with Crippen LogP contribution in [-0.4, -0.2) is 25.8 Å². The Hall–Kier alpha value is -0.0800. The van der Waals surface area contributed by atoms with Crippen molar-refractivity contribution in [2.45, 2.75) is 25.9 Å².